The molecule has 1 unspecified atom stereocenters. The fraction of sp³-hybridized carbons (Fsp3) is 0.923. The minimum atomic E-state index is 0.298. The summed E-state index contributed by atoms with van der Waals surface area (Å²) in [6.45, 7) is 3.16. The van der Waals surface area contributed by atoms with E-state index < -0.39 is 0 Å². The molecule has 1 atom stereocenters. The number of amides is 1. The third-order valence-electron chi connectivity index (χ3n) is 3.91. The Bertz CT molecular complexity index is 281. The summed E-state index contributed by atoms with van der Waals surface area (Å²) in [6, 6.07) is 1.15. The molecule has 4 heteroatoms. The second kappa shape index (κ2) is 4.94. The van der Waals surface area contributed by atoms with Gasteiger partial charge in [-0.25, -0.2) is 0 Å². The minimum Gasteiger partial charge on any atom is -0.381 e. The van der Waals surface area contributed by atoms with Gasteiger partial charge in [-0.3, -0.25) is 4.79 Å². The second-order valence-corrected chi connectivity index (χ2v) is 5.66. The van der Waals surface area contributed by atoms with Crippen LogP contribution in [0.2, 0.25) is 0 Å². The van der Waals surface area contributed by atoms with Crippen LogP contribution in [0.4, 0.5) is 0 Å². The van der Waals surface area contributed by atoms with Crippen molar-refractivity contribution >= 4 is 5.91 Å². The van der Waals surface area contributed by atoms with Crippen molar-refractivity contribution in [1.82, 2.24) is 10.2 Å². The number of carbonyl (C=O) groups excluding carboxylic acids is 1. The van der Waals surface area contributed by atoms with Crippen molar-refractivity contribution in [3.63, 3.8) is 0 Å². The summed E-state index contributed by atoms with van der Waals surface area (Å²) >= 11 is 0. The Morgan fingerprint density at radius 3 is 2.65 bits per heavy atom. The lowest BCUT2D eigenvalue weighted by Gasteiger charge is -2.25. The van der Waals surface area contributed by atoms with Crippen LogP contribution in [0.15, 0.2) is 0 Å². The van der Waals surface area contributed by atoms with Crippen LogP contribution >= 0.6 is 0 Å². The predicted molar refractivity (Wildman–Crippen MR) is 64.7 cm³/mol. The Labute approximate surface area is 103 Å². The maximum Gasteiger partial charge on any atom is 0.236 e. The highest BCUT2D eigenvalue weighted by atomic mass is 16.5. The lowest BCUT2D eigenvalue weighted by atomic mass is 10.1. The summed E-state index contributed by atoms with van der Waals surface area (Å²) in [6.07, 6.45) is 6.00. The van der Waals surface area contributed by atoms with E-state index in [0.29, 0.717) is 30.5 Å². The highest BCUT2D eigenvalue weighted by molar-refractivity contribution is 5.79. The van der Waals surface area contributed by atoms with Crippen molar-refractivity contribution in [3.8, 4) is 0 Å². The molecule has 3 aliphatic rings. The Kier molecular flexibility index (Phi) is 3.34. The highest BCUT2D eigenvalue weighted by Crippen LogP contribution is 2.29. The molecule has 4 nitrogen and oxygen atoms in total. The molecule has 96 valence electrons. The van der Waals surface area contributed by atoms with Crippen LogP contribution in [0, 0.1) is 5.92 Å². The summed E-state index contributed by atoms with van der Waals surface area (Å²) in [7, 11) is 0. The molecule has 0 aromatic heterocycles. The van der Waals surface area contributed by atoms with Gasteiger partial charge < -0.3 is 15.0 Å². The van der Waals surface area contributed by atoms with Gasteiger partial charge in [0.2, 0.25) is 5.91 Å². The van der Waals surface area contributed by atoms with E-state index in [9.17, 15) is 4.79 Å². The van der Waals surface area contributed by atoms with Crippen LogP contribution in [0.5, 0.6) is 0 Å². The fourth-order valence-corrected chi connectivity index (χ4v) is 2.47. The smallest absolute Gasteiger partial charge is 0.236 e. The standard InChI is InChI=1S/C13H22N2O2/c16-13(7-14-11-1-2-11)15(12-3-4-12)8-10-5-6-17-9-10/h10-12,14H,1-9H2. The van der Waals surface area contributed by atoms with Gasteiger partial charge in [-0.2, -0.15) is 0 Å². The zero-order chi connectivity index (χ0) is 11.7. The van der Waals surface area contributed by atoms with Crippen LogP contribution in [0.25, 0.3) is 0 Å². The Hall–Kier alpha value is -0.610. The van der Waals surface area contributed by atoms with Gasteiger partial charge in [0.15, 0.2) is 0 Å². The number of rotatable bonds is 6. The monoisotopic (exact) mass is 238 g/mol. The molecular formula is C13H22N2O2. The molecule has 0 aromatic rings. The van der Waals surface area contributed by atoms with Gasteiger partial charge in [0, 0.05) is 31.2 Å². The summed E-state index contributed by atoms with van der Waals surface area (Å²) in [4.78, 5) is 14.3. The van der Waals surface area contributed by atoms with Crippen molar-refractivity contribution in [2.45, 2.75) is 44.2 Å². The van der Waals surface area contributed by atoms with Gasteiger partial charge in [0.1, 0.15) is 0 Å². The molecule has 3 rings (SSSR count). The molecule has 2 saturated carbocycles. The molecule has 0 bridgehead atoms. The molecule has 1 N–H and O–H groups in total. The van der Waals surface area contributed by atoms with E-state index in [1.807, 2.05) is 0 Å². The SMILES string of the molecule is O=C(CNC1CC1)N(CC1CCOC1)C1CC1. The van der Waals surface area contributed by atoms with Crippen LogP contribution < -0.4 is 5.32 Å². The first-order valence-corrected chi connectivity index (χ1v) is 6.93. The lowest BCUT2D eigenvalue weighted by Crippen LogP contribution is -2.42. The summed E-state index contributed by atoms with van der Waals surface area (Å²) in [5, 5.41) is 3.32. The number of ether oxygens (including phenoxy) is 1. The van der Waals surface area contributed by atoms with Crippen LogP contribution in [0.3, 0.4) is 0 Å². The average molecular weight is 238 g/mol. The van der Waals surface area contributed by atoms with Crippen LogP contribution in [-0.2, 0) is 9.53 Å². The molecule has 3 fully saturated rings. The summed E-state index contributed by atoms with van der Waals surface area (Å²) in [5.74, 6) is 0.867. The Morgan fingerprint density at radius 2 is 2.06 bits per heavy atom. The molecule has 1 saturated heterocycles. The first-order chi connectivity index (χ1) is 8.33. The van der Waals surface area contributed by atoms with Gasteiger partial charge >= 0.3 is 0 Å². The largest absolute Gasteiger partial charge is 0.381 e. The molecule has 0 spiro atoms. The molecule has 17 heavy (non-hydrogen) atoms. The third kappa shape index (κ3) is 3.19. The quantitative estimate of drug-likeness (QED) is 0.743. The van der Waals surface area contributed by atoms with E-state index in [4.69, 9.17) is 4.74 Å². The minimum absolute atomic E-state index is 0.298. The van der Waals surface area contributed by atoms with Crippen molar-refractivity contribution in [2.75, 3.05) is 26.3 Å². The lowest BCUT2D eigenvalue weighted by molar-refractivity contribution is -0.131. The average Bonchev–Trinajstić information content (AvgIpc) is 3.24. The molecule has 2 aliphatic carbocycles. The second-order valence-electron chi connectivity index (χ2n) is 5.66. The van der Waals surface area contributed by atoms with Crippen LogP contribution in [0.1, 0.15) is 32.1 Å². The van der Waals surface area contributed by atoms with E-state index in [-0.39, 0.29) is 0 Å². The Morgan fingerprint density at radius 1 is 1.24 bits per heavy atom. The maximum atomic E-state index is 12.2. The molecule has 1 aliphatic heterocycles. The van der Waals surface area contributed by atoms with Crippen molar-refractivity contribution in [1.29, 1.82) is 0 Å². The topological polar surface area (TPSA) is 41.6 Å². The normalized spacial score (nSPS) is 28.4. The number of nitrogens with zero attached hydrogens (tertiary/aromatic N) is 1. The van der Waals surface area contributed by atoms with Gasteiger partial charge in [-0.05, 0) is 32.1 Å². The van der Waals surface area contributed by atoms with E-state index in [1.54, 1.807) is 0 Å². The van der Waals surface area contributed by atoms with E-state index in [2.05, 4.69) is 10.2 Å². The molecular weight excluding hydrogens is 216 g/mol. The number of nitrogens with one attached hydrogen (secondary N) is 1. The van der Waals surface area contributed by atoms with E-state index >= 15 is 0 Å². The van der Waals surface area contributed by atoms with E-state index in [0.717, 1.165) is 26.2 Å². The van der Waals surface area contributed by atoms with Gasteiger partial charge in [0.25, 0.3) is 0 Å². The predicted octanol–water partition coefficient (Wildman–Crippen LogP) is 0.766. The highest BCUT2D eigenvalue weighted by Gasteiger charge is 2.35. The van der Waals surface area contributed by atoms with Gasteiger partial charge in [-0.1, -0.05) is 0 Å². The zero-order valence-corrected chi connectivity index (χ0v) is 10.4. The molecule has 0 aromatic carbocycles. The number of hydrogen-bond donors (Lipinski definition) is 1. The van der Waals surface area contributed by atoms with E-state index in [1.165, 1.54) is 25.7 Å². The summed E-state index contributed by atoms with van der Waals surface area (Å²) in [5.41, 5.74) is 0. The van der Waals surface area contributed by atoms with Gasteiger partial charge in [-0.15, -0.1) is 0 Å². The summed E-state index contributed by atoms with van der Waals surface area (Å²) < 4.78 is 5.39. The zero-order valence-electron chi connectivity index (χ0n) is 10.4. The Balaban J connectivity index is 1.48. The molecule has 0 radical (unpaired) electrons. The molecule has 1 amide bonds. The maximum absolute atomic E-state index is 12.2. The van der Waals surface area contributed by atoms with Crippen molar-refractivity contribution in [2.24, 2.45) is 5.92 Å². The molecule has 1 heterocycles. The van der Waals surface area contributed by atoms with Crippen molar-refractivity contribution in [3.05, 3.63) is 0 Å². The van der Waals surface area contributed by atoms with Gasteiger partial charge in [0.05, 0.1) is 13.2 Å². The number of carbonyl (C=O) groups is 1. The van der Waals surface area contributed by atoms with Crippen LogP contribution in [-0.4, -0.2) is 49.2 Å². The third-order valence-corrected chi connectivity index (χ3v) is 3.91. The fourth-order valence-electron chi connectivity index (χ4n) is 2.47. The first-order valence-electron chi connectivity index (χ1n) is 6.93. The first kappa shape index (κ1) is 11.5. The number of hydrogen-bond acceptors (Lipinski definition) is 3. The van der Waals surface area contributed by atoms with Crippen molar-refractivity contribution < 1.29 is 9.53 Å².